The maximum absolute atomic E-state index is 13.7. The Labute approximate surface area is 265 Å². The average Bonchev–Trinajstić information content (AvgIpc) is 3.65. The highest BCUT2D eigenvalue weighted by atomic mass is 16.6. The minimum absolute atomic E-state index is 0.0417. The van der Waals surface area contributed by atoms with E-state index in [2.05, 4.69) is 16.5 Å². The number of amides is 2. The Morgan fingerprint density at radius 3 is 2.31 bits per heavy atom. The van der Waals surface area contributed by atoms with Gasteiger partial charge in [-0.25, -0.2) is 14.2 Å². The van der Waals surface area contributed by atoms with Gasteiger partial charge in [-0.3, -0.25) is 4.79 Å². The zero-order chi connectivity index (χ0) is 33.4. The van der Waals surface area contributed by atoms with Crippen LogP contribution in [0.1, 0.15) is 59.1 Å². The second-order valence-electron chi connectivity index (χ2n) is 12.6. The van der Waals surface area contributed by atoms with E-state index in [1.807, 2.05) is 27.7 Å². The number of benzene rings is 1. The molecule has 244 valence electrons. The maximum atomic E-state index is 13.7. The topological polar surface area (TPSA) is 131 Å². The third-order valence-corrected chi connectivity index (χ3v) is 6.94. The molecule has 1 saturated heterocycles. The van der Waals surface area contributed by atoms with Crippen molar-refractivity contribution in [1.82, 2.24) is 14.5 Å². The summed E-state index contributed by atoms with van der Waals surface area (Å²) in [7, 11) is 3.31. The van der Waals surface area contributed by atoms with Gasteiger partial charge in [0.1, 0.15) is 35.4 Å². The van der Waals surface area contributed by atoms with E-state index < -0.39 is 11.7 Å². The summed E-state index contributed by atoms with van der Waals surface area (Å²) in [6.07, 6.45) is 2.56. The number of ether oxygens (including phenoxy) is 4. The first kappa shape index (κ1) is 35.1. The molecule has 1 unspecified atom stereocenters. The molecular formula is C33H46N6O6. The van der Waals surface area contributed by atoms with Gasteiger partial charge in [-0.15, -0.1) is 0 Å². The lowest BCUT2D eigenvalue weighted by Crippen LogP contribution is -2.35. The molecule has 12 heteroatoms. The maximum Gasteiger partial charge on any atom is 0.420 e. The minimum atomic E-state index is -0.758. The monoisotopic (exact) mass is 622 g/mol. The van der Waals surface area contributed by atoms with Crippen LogP contribution in [0.25, 0.3) is 5.52 Å². The van der Waals surface area contributed by atoms with Gasteiger partial charge in [0.15, 0.2) is 0 Å². The Bertz CT molecular complexity index is 1480. The minimum Gasteiger partial charge on any atom is -0.491 e. The number of hydrogen-bond donors (Lipinski definition) is 1. The van der Waals surface area contributed by atoms with Crippen LogP contribution in [0.3, 0.4) is 0 Å². The number of nitriles is 1. The van der Waals surface area contributed by atoms with Gasteiger partial charge < -0.3 is 29.2 Å². The zero-order valence-electron chi connectivity index (χ0n) is 27.8. The molecule has 0 saturated carbocycles. The highest BCUT2D eigenvalue weighted by Crippen LogP contribution is 2.38. The third-order valence-electron chi connectivity index (χ3n) is 6.94. The SMILES string of the molecule is COC(C)(C)C.COCCOc1ccc(N(C(=O)OC(C)(C)C)c2c(C)c(NC3CCN(C=O)C3)c(C#N)c3ccnn23)cc1. The van der Waals surface area contributed by atoms with E-state index in [0.29, 0.717) is 65.9 Å². The summed E-state index contributed by atoms with van der Waals surface area (Å²) in [5.74, 6) is 1.06. The molecule has 1 atom stereocenters. The van der Waals surface area contributed by atoms with Gasteiger partial charge in [-0.05, 0) is 85.2 Å². The van der Waals surface area contributed by atoms with E-state index in [9.17, 15) is 14.9 Å². The van der Waals surface area contributed by atoms with Gasteiger partial charge >= 0.3 is 6.09 Å². The van der Waals surface area contributed by atoms with Gasteiger partial charge in [0.2, 0.25) is 6.41 Å². The molecule has 1 N–H and O–H groups in total. The average molecular weight is 623 g/mol. The fraction of sp³-hybridized carbons (Fsp3) is 0.515. The molecule has 1 aliphatic rings. The van der Waals surface area contributed by atoms with Crippen molar-refractivity contribution >= 4 is 35.2 Å². The van der Waals surface area contributed by atoms with Crippen molar-refractivity contribution in [2.45, 2.75) is 72.1 Å². The molecule has 0 bridgehead atoms. The molecule has 3 heterocycles. The van der Waals surface area contributed by atoms with Crippen molar-refractivity contribution in [3.05, 3.63) is 47.7 Å². The quantitative estimate of drug-likeness (QED) is 0.236. The fourth-order valence-corrected chi connectivity index (χ4v) is 4.56. The summed E-state index contributed by atoms with van der Waals surface area (Å²) in [5, 5.41) is 18.1. The van der Waals surface area contributed by atoms with Crippen molar-refractivity contribution in [1.29, 1.82) is 5.26 Å². The summed E-state index contributed by atoms with van der Waals surface area (Å²) in [4.78, 5) is 28.2. The lowest BCUT2D eigenvalue weighted by atomic mass is 10.1. The first-order valence-electron chi connectivity index (χ1n) is 14.9. The second-order valence-corrected chi connectivity index (χ2v) is 12.6. The van der Waals surface area contributed by atoms with E-state index in [4.69, 9.17) is 18.9 Å². The molecular weight excluding hydrogens is 576 g/mol. The van der Waals surface area contributed by atoms with E-state index in [-0.39, 0.29) is 11.6 Å². The number of anilines is 3. The van der Waals surface area contributed by atoms with Crippen LogP contribution in [0.4, 0.5) is 22.0 Å². The Kier molecular flexibility index (Phi) is 11.8. The number of pyridine rings is 1. The molecule has 0 radical (unpaired) electrons. The normalized spacial score (nSPS) is 14.8. The summed E-state index contributed by atoms with van der Waals surface area (Å²) >= 11 is 0. The number of hydrogen-bond acceptors (Lipinski definition) is 9. The molecule has 1 fully saturated rings. The standard InChI is InChI=1S/C28H34N6O5.C5H12O/c1-19-25(31-20-11-13-32(17-20)18-35)23(16-29)24-10-12-30-34(24)26(19)33(27(36)39-28(2,3)4)21-6-8-22(9-7-21)38-15-14-37-5;1-5(2,3)6-4/h6-10,12,18,20,31H,11,13-15,17H2,1-5H3;1-4H3. The molecule has 1 aromatic carbocycles. The van der Waals surface area contributed by atoms with Crippen LogP contribution in [0.5, 0.6) is 5.75 Å². The van der Waals surface area contributed by atoms with E-state index in [1.165, 1.54) is 4.90 Å². The molecule has 1 aliphatic heterocycles. The number of carbonyl (C=O) groups excluding carboxylic acids is 2. The van der Waals surface area contributed by atoms with Crippen LogP contribution in [0, 0.1) is 18.3 Å². The van der Waals surface area contributed by atoms with E-state index >= 15 is 0 Å². The summed E-state index contributed by atoms with van der Waals surface area (Å²) in [5.41, 5.74) is 1.99. The number of methoxy groups -OCH3 is 2. The molecule has 2 amide bonds. The predicted molar refractivity (Wildman–Crippen MR) is 173 cm³/mol. The molecule has 12 nitrogen and oxygen atoms in total. The number of aromatic nitrogens is 2. The van der Waals surface area contributed by atoms with Gasteiger partial charge in [-0.2, -0.15) is 10.4 Å². The van der Waals surface area contributed by atoms with Gasteiger partial charge in [0, 0.05) is 38.9 Å². The van der Waals surface area contributed by atoms with Gasteiger partial charge in [0.25, 0.3) is 0 Å². The molecule has 2 aromatic heterocycles. The predicted octanol–water partition coefficient (Wildman–Crippen LogP) is 5.69. The number of rotatable bonds is 9. The molecule has 0 spiro atoms. The number of carbonyl (C=O) groups is 2. The van der Waals surface area contributed by atoms with Crippen molar-refractivity contribution in [2.24, 2.45) is 0 Å². The second kappa shape index (κ2) is 15.1. The Morgan fingerprint density at radius 1 is 1.11 bits per heavy atom. The summed E-state index contributed by atoms with van der Waals surface area (Å²) < 4.78 is 23.1. The molecule has 3 aromatic rings. The highest BCUT2D eigenvalue weighted by molar-refractivity contribution is 5.98. The van der Waals surface area contributed by atoms with E-state index in [0.717, 1.165) is 12.8 Å². The first-order valence-corrected chi connectivity index (χ1v) is 14.9. The first-order chi connectivity index (χ1) is 21.2. The summed E-state index contributed by atoms with van der Waals surface area (Å²) in [6, 6.07) is 11.1. The van der Waals surface area contributed by atoms with Crippen molar-refractivity contribution < 1.29 is 28.5 Å². The van der Waals surface area contributed by atoms with Crippen LogP contribution in [-0.2, 0) is 19.0 Å². The van der Waals surface area contributed by atoms with Crippen LogP contribution in [-0.4, -0.2) is 84.8 Å². The molecule has 0 aliphatic carbocycles. The lowest BCUT2D eigenvalue weighted by Gasteiger charge is -2.30. The van der Waals surface area contributed by atoms with Crippen LogP contribution < -0.4 is 15.0 Å². The zero-order valence-corrected chi connectivity index (χ0v) is 27.8. The third kappa shape index (κ3) is 9.33. The number of likely N-dealkylation sites (tertiary alicyclic amines) is 1. The van der Waals surface area contributed by atoms with Crippen molar-refractivity contribution in [3.63, 3.8) is 0 Å². The van der Waals surface area contributed by atoms with Crippen molar-refractivity contribution in [2.75, 3.05) is 50.7 Å². The lowest BCUT2D eigenvalue weighted by molar-refractivity contribution is -0.117. The van der Waals surface area contributed by atoms with Gasteiger partial charge in [-0.1, -0.05) is 0 Å². The smallest absolute Gasteiger partial charge is 0.420 e. The van der Waals surface area contributed by atoms with Crippen LogP contribution >= 0.6 is 0 Å². The van der Waals surface area contributed by atoms with Crippen LogP contribution in [0.2, 0.25) is 0 Å². The highest BCUT2D eigenvalue weighted by Gasteiger charge is 2.32. The van der Waals surface area contributed by atoms with Gasteiger partial charge in [0.05, 0.1) is 35.3 Å². The Morgan fingerprint density at radius 2 is 1.78 bits per heavy atom. The summed E-state index contributed by atoms with van der Waals surface area (Å²) in [6.45, 7) is 15.3. The number of nitrogens with one attached hydrogen (secondary N) is 1. The number of fused-ring (bicyclic) bond motifs is 1. The van der Waals surface area contributed by atoms with Crippen LogP contribution in [0.15, 0.2) is 36.5 Å². The largest absolute Gasteiger partial charge is 0.491 e. The number of nitrogens with zero attached hydrogens (tertiary/aromatic N) is 5. The molecule has 45 heavy (non-hydrogen) atoms. The Hall–Kier alpha value is -4.34. The Balaban J connectivity index is 0.000000838. The fourth-order valence-electron chi connectivity index (χ4n) is 4.56. The molecule has 4 rings (SSSR count). The van der Waals surface area contributed by atoms with Crippen molar-refractivity contribution in [3.8, 4) is 11.8 Å². The van der Waals surface area contributed by atoms with E-state index in [1.54, 1.807) is 80.9 Å².